The van der Waals surface area contributed by atoms with Crippen LogP contribution in [0.5, 0.6) is 0 Å². The largest absolute Gasteiger partial charge is 0.372 e. The summed E-state index contributed by atoms with van der Waals surface area (Å²) in [5.74, 6) is 0. The van der Waals surface area contributed by atoms with Crippen LogP contribution in [0.2, 0.25) is 0 Å². The van der Waals surface area contributed by atoms with Gasteiger partial charge in [0, 0.05) is 37.6 Å². The van der Waals surface area contributed by atoms with E-state index >= 15 is 0 Å². The van der Waals surface area contributed by atoms with Crippen molar-refractivity contribution in [3.8, 4) is 0 Å². The number of nitrogens with zero attached hydrogens (tertiary/aromatic N) is 2. The molecule has 0 aliphatic carbocycles. The van der Waals surface area contributed by atoms with E-state index in [9.17, 15) is 0 Å². The van der Waals surface area contributed by atoms with Crippen molar-refractivity contribution in [1.29, 1.82) is 0 Å². The molecule has 44 heavy (non-hydrogen) atoms. The van der Waals surface area contributed by atoms with Crippen LogP contribution in [0.25, 0.3) is 0 Å². The average molecular weight is 609 g/mol. The van der Waals surface area contributed by atoms with Gasteiger partial charge < -0.3 is 9.80 Å². The predicted octanol–water partition coefficient (Wildman–Crippen LogP) is 13.8. The van der Waals surface area contributed by atoms with Gasteiger partial charge in [-0.2, -0.15) is 0 Å². The van der Waals surface area contributed by atoms with Crippen LogP contribution in [-0.2, 0) is 0 Å². The SMILES string of the molecule is c1cc2ccc1N1CCCCCCCCCCCCCCCCCCN2CCCCCCCCCCCCCCCCCC1. The third kappa shape index (κ3) is 18.7. The normalized spacial score (nSPS) is 22.8. The van der Waals surface area contributed by atoms with E-state index in [1.165, 1.54) is 243 Å². The Morgan fingerprint density at radius 2 is 0.341 bits per heavy atom. The fraction of sp³-hybridized carbons (Fsp3) is 0.857. The highest BCUT2D eigenvalue weighted by Gasteiger charge is 2.11. The van der Waals surface area contributed by atoms with Gasteiger partial charge in [-0.15, -0.1) is 0 Å². The summed E-state index contributed by atoms with van der Waals surface area (Å²) < 4.78 is 0. The molecule has 0 atom stereocenters. The number of hydrogen-bond acceptors (Lipinski definition) is 2. The smallest absolute Gasteiger partial charge is 0.0367 e. The summed E-state index contributed by atoms with van der Waals surface area (Å²) >= 11 is 0. The molecule has 2 nitrogen and oxygen atoms in total. The van der Waals surface area contributed by atoms with Crippen LogP contribution in [0, 0.1) is 0 Å². The number of fused-ring (bicyclic) bond motifs is 34. The van der Waals surface area contributed by atoms with Crippen LogP contribution in [-0.4, -0.2) is 26.2 Å². The van der Waals surface area contributed by atoms with Crippen LogP contribution in [0.1, 0.15) is 205 Å². The highest BCUT2D eigenvalue weighted by atomic mass is 15.1. The van der Waals surface area contributed by atoms with Crippen LogP contribution in [0.15, 0.2) is 24.3 Å². The first-order valence-corrected chi connectivity index (χ1v) is 20.5. The molecule has 0 spiro atoms. The molecule has 0 saturated carbocycles. The molecule has 5 rings (SSSR count). The van der Waals surface area contributed by atoms with E-state index in [1.54, 1.807) is 0 Å². The fourth-order valence-electron chi connectivity index (χ4n) is 7.77. The lowest BCUT2D eigenvalue weighted by atomic mass is 10.0. The Morgan fingerprint density at radius 3 is 0.500 bits per heavy atom. The molecule has 0 aromatic heterocycles. The van der Waals surface area contributed by atoms with Gasteiger partial charge in [0.1, 0.15) is 0 Å². The molecule has 4 heterocycles. The Balaban J connectivity index is 1.61. The molecule has 0 N–H and O–H groups in total. The first-order chi connectivity index (χ1) is 21.9. The standard InChI is InChI=1S/C42H76N2/c1-2-6-10-14-18-22-26-30-38-44-40-32-28-24-20-16-12-8-4-3-7-11-15-19-23-27-31-39-43(41-33-35-42(44)36-34-41)37-29-25-21-17-13-9-5-1/h33-36H,1-32,37-40H2. The molecule has 4 aliphatic rings. The van der Waals surface area contributed by atoms with Gasteiger partial charge in [-0.25, -0.2) is 0 Å². The minimum absolute atomic E-state index is 1.24. The van der Waals surface area contributed by atoms with Gasteiger partial charge in [-0.3, -0.25) is 0 Å². The Kier molecular flexibility index (Phi) is 22.9. The molecule has 4 bridgehead atoms. The predicted molar refractivity (Wildman–Crippen MR) is 199 cm³/mol. The minimum atomic E-state index is 1.24. The summed E-state index contributed by atoms with van der Waals surface area (Å²) in [6, 6.07) is 9.89. The topological polar surface area (TPSA) is 6.48 Å². The van der Waals surface area contributed by atoms with Gasteiger partial charge in [0.05, 0.1) is 0 Å². The number of anilines is 2. The maximum Gasteiger partial charge on any atom is 0.0367 e. The first-order valence-electron chi connectivity index (χ1n) is 20.5. The van der Waals surface area contributed by atoms with Crippen molar-refractivity contribution >= 4 is 11.4 Å². The maximum atomic E-state index is 2.74. The molecule has 0 unspecified atom stereocenters. The lowest BCUT2D eigenvalue weighted by Gasteiger charge is -2.28. The second-order valence-electron chi connectivity index (χ2n) is 14.8. The van der Waals surface area contributed by atoms with E-state index in [2.05, 4.69) is 34.1 Å². The lowest BCUT2D eigenvalue weighted by molar-refractivity contribution is 0.519. The van der Waals surface area contributed by atoms with Gasteiger partial charge in [0.15, 0.2) is 0 Å². The quantitative estimate of drug-likeness (QED) is 0.289. The van der Waals surface area contributed by atoms with Crippen molar-refractivity contribution in [2.45, 2.75) is 205 Å². The van der Waals surface area contributed by atoms with Crippen molar-refractivity contribution in [2.75, 3.05) is 36.0 Å². The third-order valence-corrected chi connectivity index (χ3v) is 10.8. The molecular weight excluding hydrogens is 532 g/mol. The van der Waals surface area contributed by atoms with E-state index < -0.39 is 0 Å². The molecule has 254 valence electrons. The van der Waals surface area contributed by atoms with Gasteiger partial charge >= 0.3 is 0 Å². The highest BCUT2D eigenvalue weighted by Crippen LogP contribution is 2.25. The second kappa shape index (κ2) is 27.0. The van der Waals surface area contributed by atoms with E-state index in [0.29, 0.717) is 0 Å². The monoisotopic (exact) mass is 609 g/mol. The Labute approximate surface area is 276 Å². The summed E-state index contributed by atoms with van der Waals surface area (Å²) in [7, 11) is 0. The molecule has 0 radical (unpaired) electrons. The van der Waals surface area contributed by atoms with Gasteiger partial charge in [-0.1, -0.05) is 180 Å². The van der Waals surface area contributed by atoms with Crippen LogP contribution in [0.3, 0.4) is 0 Å². The average Bonchev–Trinajstić information content (AvgIpc) is 3.04. The molecule has 0 amide bonds. The van der Waals surface area contributed by atoms with Crippen molar-refractivity contribution in [1.82, 2.24) is 0 Å². The molecule has 4 aliphatic heterocycles. The summed E-state index contributed by atoms with van der Waals surface area (Å²) in [4.78, 5) is 5.48. The van der Waals surface area contributed by atoms with Crippen molar-refractivity contribution < 1.29 is 0 Å². The zero-order valence-corrected chi connectivity index (χ0v) is 29.7. The summed E-state index contributed by atoms with van der Waals surface area (Å²) in [6.45, 7) is 4.96. The second-order valence-corrected chi connectivity index (χ2v) is 14.8. The van der Waals surface area contributed by atoms with E-state index in [0.717, 1.165) is 0 Å². The zero-order chi connectivity index (χ0) is 30.6. The Morgan fingerprint density at radius 1 is 0.205 bits per heavy atom. The first kappa shape index (κ1) is 37.3. The van der Waals surface area contributed by atoms with Gasteiger partial charge in [0.25, 0.3) is 0 Å². The fourth-order valence-corrected chi connectivity index (χ4v) is 7.77. The van der Waals surface area contributed by atoms with E-state index in [-0.39, 0.29) is 0 Å². The van der Waals surface area contributed by atoms with Crippen LogP contribution < -0.4 is 9.80 Å². The number of hydrogen-bond donors (Lipinski definition) is 0. The minimum Gasteiger partial charge on any atom is -0.372 e. The highest BCUT2D eigenvalue weighted by molar-refractivity contribution is 5.56. The van der Waals surface area contributed by atoms with Crippen molar-refractivity contribution in [2.24, 2.45) is 0 Å². The molecule has 0 fully saturated rings. The van der Waals surface area contributed by atoms with Crippen molar-refractivity contribution in [3.63, 3.8) is 0 Å². The summed E-state index contributed by atoms with van der Waals surface area (Å²) in [5, 5.41) is 0. The van der Waals surface area contributed by atoms with Gasteiger partial charge in [0.2, 0.25) is 0 Å². The molecule has 1 aromatic rings. The maximum absolute atomic E-state index is 2.74. The molecule has 1 aromatic carbocycles. The van der Waals surface area contributed by atoms with E-state index in [4.69, 9.17) is 0 Å². The van der Waals surface area contributed by atoms with E-state index in [1.807, 2.05) is 0 Å². The number of benzene rings is 1. The molecular formula is C42H76N2. The van der Waals surface area contributed by atoms with Crippen LogP contribution >= 0.6 is 0 Å². The number of rotatable bonds is 0. The van der Waals surface area contributed by atoms with Gasteiger partial charge in [-0.05, 0) is 49.9 Å². The summed E-state index contributed by atoms with van der Waals surface area (Å²) in [6.07, 6.45) is 46.1. The molecule has 2 heteroatoms. The van der Waals surface area contributed by atoms with Crippen LogP contribution in [0.4, 0.5) is 11.4 Å². The lowest BCUT2D eigenvalue weighted by Crippen LogP contribution is -2.27. The summed E-state index contributed by atoms with van der Waals surface area (Å²) in [5.41, 5.74) is 2.94. The Bertz CT molecular complexity index is 640. The van der Waals surface area contributed by atoms with Crippen molar-refractivity contribution in [3.05, 3.63) is 24.3 Å². The third-order valence-electron chi connectivity index (χ3n) is 10.8. The molecule has 0 saturated heterocycles. The Hall–Kier alpha value is -1.18. The zero-order valence-electron chi connectivity index (χ0n) is 29.7.